The highest BCUT2D eigenvalue weighted by molar-refractivity contribution is 6.34. The lowest BCUT2D eigenvalue weighted by Gasteiger charge is -2.43. The van der Waals surface area contributed by atoms with Gasteiger partial charge in [0.2, 0.25) is 0 Å². The Morgan fingerprint density at radius 2 is 1.88 bits per heavy atom. The highest BCUT2D eigenvalue weighted by Gasteiger charge is 2.48. The Morgan fingerprint density at radius 3 is 2.51 bits per heavy atom. The molecule has 5 heterocycles. The number of ether oxygens (including phenoxy) is 2. The third-order valence-corrected chi connectivity index (χ3v) is 9.09. The number of benzene rings is 1. The van der Waals surface area contributed by atoms with Gasteiger partial charge in [-0.2, -0.15) is 10.4 Å². The molecule has 0 atom stereocenters. The number of aryl methyl sites for hydroxylation is 1. The molecule has 0 unspecified atom stereocenters. The molecule has 2 saturated heterocycles. The molecule has 0 bridgehead atoms. The molecule has 1 N–H and O–H groups in total. The van der Waals surface area contributed by atoms with E-state index < -0.39 is 22.9 Å². The molecule has 49 heavy (non-hydrogen) atoms. The van der Waals surface area contributed by atoms with E-state index in [0.717, 1.165) is 5.56 Å². The second-order valence-corrected chi connectivity index (χ2v) is 14.4. The van der Waals surface area contributed by atoms with Crippen molar-refractivity contribution in [2.45, 2.75) is 64.3 Å². The smallest absolute Gasteiger partial charge is 0.410 e. The second-order valence-electron chi connectivity index (χ2n) is 14.0. The monoisotopic (exact) mass is 688 g/mol. The van der Waals surface area contributed by atoms with E-state index in [1.807, 2.05) is 26.0 Å². The molecule has 0 saturated carbocycles. The summed E-state index contributed by atoms with van der Waals surface area (Å²) in [4.78, 5) is 38.2. The number of anilines is 1. The summed E-state index contributed by atoms with van der Waals surface area (Å²) < 4.78 is 28.1. The Morgan fingerprint density at radius 1 is 1.14 bits per heavy atom. The first-order chi connectivity index (χ1) is 23.2. The fraction of sp³-hybridized carbons (Fsp3) is 0.429. The van der Waals surface area contributed by atoms with Crippen molar-refractivity contribution < 1.29 is 23.5 Å². The maximum Gasteiger partial charge on any atom is 0.410 e. The zero-order valence-corrected chi connectivity index (χ0v) is 28.8. The van der Waals surface area contributed by atoms with Crippen molar-refractivity contribution in [3.63, 3.8) is 0 Å². The number of carbonyl (C=O) groups is 2. The Bertz CT molecular complexity index is 1920. The van der Waals surface area contributed by atoms with Crippen LogP contribution in [0.3, 0.4) is 0 Å². The molecule has 2 fully saturated rings. The zero-order valence-electron chi connectivity index (χ0n) is 28.1. The van der Waals surface area contributed by atoms with Gasteiger partial charge in [0, 0.05) is 24.2 Å². The highest BCUT2D eigenvalue weighted by atomic mass is 35.5. The van der Waals surface area contributed by atoms with Gasteiger partial charge in [0.1, 0.15) is 29.8 Å². The summed E-state index contributed by atoms with van der Waals surface area (Å²) in [5.74, 6) is 0.808. The molecule has 6 rings (SSSR count). The highest BCUT2D eigenvalue weighted by Crippen LogP contribution is 2.33. The van der Waals surface area contributed by atoms with E-state index in [1.54, 1.807) is 51.5 Å². The summed E-state index contributed by atoms with van der Waals surface area (Å²) in [7, 11) is 0. The maximum atomic E-state index is 15.4. The van der Waals surface area contributed by atoms with Gasteiger partial charge in [-0.15, -0.1) is 0 Å². The standard InChI is InChI=1S/C35H38ClFN8O4/c1-22-7-6-8-26(36)29(22)31(46)42-34(5)9-11-43(12-10-34)28-17-39-27(16-40-28)25-13-24(18-45-30(25)23(14-38)15-41-45)48-21-35(37)19-44(20-35)32(47)49-33(2,3)4/h6-8,13,15-18H,9-12,19-21H2,1-5H3,(H,42,46). The van der Waals surface area contributed by atoms with E-state index >= 15 is 4.39 Å². The molecule has 4 aromatic rings. The first-order valence-corrected chi connectivity index (χ1v) is 16.4. The molecular formula is C35H38ClFN8O4. The van der Waals surface area contributed by atoms with E-state index in [1.165, 1.54) is 15.6 Å². The number of pyridine rings is 1. The minimum atomic E-state index is -1.74. The van der Waals surface area contributed by atoms with Crippen LogP contribution in [0.4, 0.5) is 15.0 Å². The predicted octanol–water partition coefficient (Wildman–Crippen LogP) is 5.75. The molecule has 12 nitrogen and oxygen atoms in total. The van der Waals surface area contributed by atoms with Gasteiger partial charge in [-0.05, 0) is 65.2 Å². The van der Waals surface area contributed by atoms with Crippen molar-refractivity contribution >= 4 is 34.9 Å². The average molecular weight is 689 g/mol. The van der Waals surface area contributed by atoms with Gasteiger partial charge in [0.25, 0.3) is 5.91 Å². The Hall–Kier alpha value is -4.96. The lowest BCUT2D eigenvalue weighted by Crippen LogP contribution is -2.64. The van der Waals surface area contributed by atoms with Crippen molar-refractivity contribution in [2.24, 2.45) is 0 Å². The zero-order chi connectivity index (χ0) is 35.1. The summed E-state index contributed by atoms with van der Waals surface area (Å²) >= 11 is 6.33. The largest absolute Gasteiger partial charge is 0.488 e. The number of rotatable bonds is 7. The Labute approximate surface area is 288 Å². The number of fused-ring (bicyclic) bond motifs is 1. The summed E-state index contributed by atoms with van der Waals surface area (Å²) in [6, 6.07) is 9.26. The van der Waals surface area contributed by atoms with Crippen molar-refractivity contribution in [2.75, 3.05) is 37.7 Å². The van der Waals surface area contributed by atoms with Gasteiger partial charge in [-0.1, -0.05) is 23.7 Å². The minimum Gasteiger partial charge on any atom is -0.488 e. The van der Waals surface area contributed by atoms with Gasteiger partial charge in [-0.25, -0.2) is 18.7 Å². The molecule has 2 aliphatic rings. The molecule has 0 radical (unpaired) electrons. The molecule has 0 aliphatic carbocycles. The van der Waals surface area contributed by atoms with Crippen molar-refractivity contribution in [1.29, 1.82) is 5.26 Å². The van der Waals surface area contributed by atoms with Crippen LogP contribution in [-0.4, -0.2) is 86.1 Å². The molecule has 0 spiro atoms. The Kier molecular flexibility index (Phi) is 8.87. The third-order valence-electron chi connectivity index (χ3n) is 8.77. The topological polar surface area (TPSA) is 138 Å². The van der Waals surface area contributed by atoms with Crippen LogP contribution in [0, 0.1) is 18.3 Å². The van der Waals surface area contributed by atoms with Crippen molar-refractivity contribution in [3.8, 4) is 23.1 Å². The van der Waals surface area contributed by atoms with Gasteiger partial charge >= 0.3 is 6.09 Å². The van der Waals surface area contributed by atoms with Crippen molar-refractivity contribution in [1.82, 2.24) is 29.8 Å². The van der Waals surface area contributed by atoms with Crippen LogP contribution in [0.1, 0.15) is 62.0 Å². The fourth-order valence-corrected chi connectivity index (χ4v) is 6.39. The van der Waals surface area contributed by atoms with E-state index in [0.29, 0.717) is 70.4 Å². The number of aromatic nitrogens is 4. The van der Waals surface area contributed by atoms with Crippen LogP contribution < -0.4 is 15.0 Å². The van der Waals surface area contributed by atoms with Gasteiger partial charge < -0.3 is 24.6 Å². The van der Waals surface area contributed by atoms with Crippen molar-refractivity contribution in [3.05, 3.63) is 70.8 Å². The van der Waals surface area contributed by atoms with Crippen LogP contribution in [0.5, 0.6) is 5.75 Å². The Balaban J connectivity index is 1.13. The fourth-order valence-electron chi connectivity index (χ4n) is 6.08. The lowest BCUT2D eigenvalue weighted by atomic mass is 9.89. The van der Waals surface area contributed by atoms with E-state index in [-0.39, 0.29) is 25.6 Å². The average Bonchev–Trinajstić information content (AvgIpc) is 3.45. The number of hydrogen-bond donors (Lipinski definition) is 1. The van der Waals surface area contributed by atoms with Crippen LogP contribution in [0.2, 0.25) is 5.02 Å². The number of carbonyl (C=O) groups excluding carboxylic acids is 2. The molecule has 256 valence electrons. The van der Waals surface area contributed by atoms with Crippen LogP contribution in [0.15, 0.2) is 49.1 Å². The molecule has 14 heteroatoms. The third kappa shape index (κ3) is 7.24. The number of halogens is 2. The first-order valence-electron chi connectivity index (χ1n) is 16.0. The van der Waals surface area contributed by atoms with E-state index in [4.69, 9.17) is 21.1 Å². The van der Waals surface area contributed by atoms with Gasteiger partial charge in [-0.3, -0.25) is 9.78 Å². The second kappa shape index (κ2) is 12.8. The molecule has 2 aliphatic heterocycles. The number of amides is 2. The first kappa shape index (κ1) is 33.9. The normalized spacial score (nSPS) is 16.9. The minimum absolute atomic E-state index is 0.145. The maximum absolute atomic E-state index is 15.4. The summed E-state index contributed by atoms with van der Waals surface area (Å²) in [6.07, 6.45) is 7.14. The summed E-state index contributed by atoms with van der Waals surface area (Å²) in [5.41, 5.74) is 0.373. The van der Waals surface area contributed by atoms with Crippen LogP contribution in [-0.2, 0) is 4.74 Å². The number of nitrogens with zero attached hydrogens (tertiary/aromatic N) is 7. The molecule has 1 aromatic carbocycles. The molecular weight excluding hydrogens is 651 g/mol. The number of likely N-dealkylation sites (tertiary alicyclic amines) is 1. The number of alkyl halides is 1. The van der Waals surface area contributed by atoms with E-state index in [2.05, 4.69) is 31.4 Å². The lowest BCUT2D eigenvalue weighted by molar-refractivity contribution is -0.0686. The van der Waals surface area contributed by atoms with Crippen LogP contribution >= 0.6 is 11.6 Å². The molecule has 2 amide bonds. The number of nitrogens with one attached hydrogen (secondary N) is 1. The number of hydrogen-bond acceptors (Lipinski definition) is 9. The summed E-state index contributed by atoms with van der Waals surface area (Å²) in [6.45, 7) is 9.89. The quantitative estimate of drug-likeness (QED) is 0.257. The summed E-state index contributed by atoms with van der Waals surface area (Å²) in [5, 5.41) is 17.7. The van der Waals surface area contributed by atoms with Crippen LogP contribution in [0.25, 0.3) is 16.8 Å². The predicted molar refractivity (Wildman–Crippen MR) is 182 cm³/mol. The van der Waals surface area contributed by atoms with Gasteiger partial charge in [0.05, 0.1) is 65.2 Å². The number of nitriles is 1. The SMILES string of the molecule is Cc1cccc(Cl)c1C(=O)NC1(C)CCN(c2cnc(-c3cc(OCC4(F)CN(C(=O)OC(C)(C)C)C4)cn4ncc(C#N)c34)cn2)CC1. The van der Waals surface area contributed by atoms with Gasteiger partial charge in [0.15, 0.2) is 5.67 Å². The molecule has 3 aromatic heterocycles. The van der Waals surface area contributed by atoms with E-state index in [9.17, 15) is 14.9 Å². The number of piperidine rings is 1.